The quantitative estimate of drug-likeness (QED) is 0.847. The van der Waals surface area contributed by atoms with E-state index in [1.165, 1.54) is 16.9 Å². The van der Waals surface area contributed by atoms with Crippen LogP contribution in [0.1, 0.15) is 17.7 Å². The maximum Gasteiger partial charge on any atom is 0.220 e. The summed E-state index contributed by atoms with van der Waals surface area (Å²) in [7, 11) is 0. The van der Waals surface area contributed by atoms with Crippen LogP contribution in [0.15, 0.2) is 35.7 Å². The Morgan fingerprint density at radius 3 is 2.74 bits per heavy atom. The Hall–Kier alpha value is -1.88. The van der Waals surface area contributed by atoms with Gasteiger partial charge in [0.1, 0.15) is 0 Å². The number of thiazole rings is 1. The molecule has 1 heterocycles. The minimum Gasteiger partial charge on any atom is -0.375 e. The van der Waals surface area contributed by atoms with E-state index in [-0.39, 0.29) is 5.91 Å². The largest absolute Gasteiger partial charge is 0.375 e. The van der Waals surface area contributed by atoms with Gasteiger partial charge in [-0.05, 0) is 18.4 Å². The second kappa shape index (κ2) is 6.89. The molecule has 2 aromatic rings. The predicted molar refractivity (Wildman–Crippen MR) is 78.0 cm³/mol. The van der Waals surface area contributed by atoms with E-state index in [2.05, 4.69) is 22.4 Å². The van der Waals surface area contributed by atoms with Crippen LogP contribution in [0.2, 0.25) is 0 Å². The molecule has 5 heteroatoms. The van der Waals surface area contributed by atoms with E-state index in [1.54, 1.807) is 0 Å². The van der Waals surface area contributed by atoms with Crippen LogP contribution < -0.4 is 11.1 Å². The van der Waals surface area contributed by atoms with Crippen LogP contribution in [0, 0.1) is 0 Å². The van der Waals surface area contributed by atoms with E-state index in [0.717, 1.165) is 12.1 Å². The zero-order valence-corrected chi connectivity index (χ0v) is 11.5. The molecule has 0 saturated heterocycles. The van der Waals surface area contributed by atoms with Crippen LogP contribution in [-0.4, -0.2) is 17.4 Å². The van der Waals surface area contributed by atoms with Crippen molar-refractivity contribution in [3.8, 4) is 0 Å². The van der Waals surface area contributed by atoms with Crippen molar-refractivity contribution in [3.05, 3.63) is 47.0 Å². The molecule has 1 aromatic carbocycles. The topological polar surface area (TPSA) is 68.0 Å². The number of nitrogen functional groups attached to an aromatic ring is 1. The average Bonchev–Trinajstić information content (AvgIpc) is 2.83. The number of carbonyl (C=O) groups is 1. The Morgan fingerprint density at radius 2 is 2.05 bits per heavy atom. The molecule has 19 heavy (non-hydrogen) atoms. The first-order valence-electron chi connectivity index (χ1n) is 6.24. The van der Waals surface area contributed by atoms with Crippen molar-refractivity contribution in [2.45, 2.75) is 19.3 Å². The Labute approximate surface area is 116 Å². The van der Waals surface area contributed by atoms with Crippen molar-refractivity contribution in [2.75, 3.05) is 12.3 Å². The highest BCUT2D eigenvalue weighted by Gasteiger charge is 2.04. The molecule has 1 amide bonds. The third-order valence-electron chi connectivity index (χ3n) is 2.76. The maximum absolute atomic E-state index is 11.6. The second-order valence-corrected chi connectivity index (χ2v) is 5.15. The first-order chi connectivity index (χ1) is 9.24. The zero-order chi connectivity index (χ0) is 13.5. The minimum atomic E-state index is 0.0579. The van der Waals surface area contributed by atoms with E-state index in [0.29, 0.717) is 24.5 Å². The average molecular weight is 275 g/mol. The number of carbonyl (C=O) groups excluding carboxylic acids is 1. The highest BCUT2D eigenvalue weighted by Crippen LogP contribution is 2.12. The number of nitrogens with two attached hydrogens (primary N) is 1. The minimum absolute atomic E-state index is 0.0579. The van der Waals surface area contributed by atoms with Crippen LogP contribution >= 0.6 is 11.3 Å². The zero-order valence-electron chi connectivity index (χ0n) is 10.6. The fourth-order valence-electron chi connectivity index (χ4n) is 1.76. The van der Waals surface area contributed by atoms with Crippen molar-refractivity contribution in [1.82, 2.24) is 10.3 Å². The smallest absolute Gasteiger partial charge is 0.220 e. The first kappa shape index (κ1) is 13.5. The molecule has 0 aliphatic rings. The van der Waals surface area contributed by atoms with E-state index < -0.39 is 0 Å². The van der Waals surface area contributed by atoms with Gasteiger partial charge in [0.25, 0.3) is 0 Å². The summed E-state index contributed by atoms with van der Waals surface area (Å²) in [4.78, 5) is 15.8. The highest BCUT2D eigenvalue weighted by atomic mass is 32.1. The van der Waals surface area contributed by atoms with E-state index in [4.69, 9.17) is 5.73 Å². The SMILES string of the molecule is Nc1nc(CCC(=O)NCCc2ccccc2)cs1. The van der Waals surface area contributed by atoms with E-state index >= 15 is 0 Å². The monoisotopic (exact) mass is 275 g/mol. The lowest BCUT2D eigenvalue weighted by molar-refractivity contribution is -0.121. The molecule has 0 fully saturated rings. The summed E-state index contributed by atoms with van der Waals surface area (Å²) in [5.41, 5.74) is 7.66. The van der Waals surface area contributed by atoms with Crippen LogP contribution in [-0.2, 0) is 17.6 Å². The van der Waals surface area contributed by atoms with Crippen LogP contribution in [0.5, 0.6) is 0 Å². The summed E-state index contributed by atoms with van der Waals surface area (Å²) >= 11 is 1.41. The van der Waals surface area contributed by atoms with Gasteiger partial charge >= 0.3 is 0 Å². The molecule has 2 rings (SSSR count). The van der Waals surface area contributed by atoms with Gasteiger partial charge in [0.2, 0.25) is 5.91 Å². The number of benzene rings is 1. The molecule has 3 N–H and O–H groups in total. The summed E-state index contributed by atoms with van der Waals surface area (Å²) in [6, 6.07) is 10.1. The van der Waals surface area contributed by atoms with Gasteiger partial charge in [0.05, 0.1) is 5.69 Å². The standard InChI is InChI=1S/C14H17N3OS/c15-14-17-12(10-19-14)6-7-13(18)16-9-8-11-4-2-1-3-5-11/h1-5,10H,6-9H2,(H2,15,17)(H,16,18). The maximum atomic E-state index is 11.6. The third-order valence-corrected chi connectivity index (χ3v) is 3.48. The van der Waals surface area contributed by atoms with Crippen LogP contribution in [0.3, 0.4) is 0 Å². The molecule has 0 bridgehead atoms. The van der Waals surface area contributed by atoms with Crippen molar-refractivity contribution in [2.24, 2.45) is 0 Å². The Kier molecular flexibility index (Phi) is 4.92. The van der Waals surface area contributed by atoms with Gasteiger partial charge in [0.15, 0.2) is 5.13 Å². The normalized spacial score (nSPS) is 10.3. The molecule has 0 spiro atoms. The van der Waals surface area contributed by atoms with Crippen molar-refractivity contribution >= 4 is 22.4 Å². The number of hydrogen-bond donors (Lipinski definition) is 2. The second-order valence-electron chi connectivity index (χ2n) is 4.26. The van der Waals surface area contributed by atoms with Crippen molar-refractivity contribution in [3.63, 3.8) is 0 Å². The van der Waals surface area contributed by atoms with E-state index in [9.17, 15) is 4.79 Å². The number of anilines is 1. The van der Waals surface area contributed by atoms with Gasteiger partial charge in [-0.15, -0.1) is 11.3 Å². The fraction of sp³-hybridized carbons (Fsp3) is 0.286. The number of nitrogens with zero attached hydrogens (tertiary/aromatic N) is 1. The first-order valence-corrected chi connectivity index (χ1v) is 7.12. The van der Waals surface area contributed by atoms with Gasteiger partial charge in [-0.1, -0.05) is 30.3 Å². The van der Waals surface area contributed by atoms with Crippen LogP contribution in [0.25, 0.3) is 0 Å². The fourth-order valence-corrected chi connectivity index (χ4v) is 2.36. The molecule has 0 unspecified atom stereocenters. The number of hydrogen-bond acceptors (Lipinski definition) is 4. The van der Waals surface area contributed by atoms with Gasteiger partial charge in [-0.25, -0.2) is 4.98 Å². The summed E-state index contributed by atoms with van der Waals surface area (Å²) < 4.78 is 0. The highest BCUT2D eigenvalue weighted by molar-refractivity contribution is 7.13. The molecule has 0 aliphatic carbocycles. The predicted octanol–water partition coefficient (Wildman–Crippen LogP) is 2.02. The van der Waals surface area contributed by atoms with Gasteiger partial charge < -0.3 is 11.1 Å². The Balaban J connectivity index is 1.65. The number of aryl methyl sites for hydroxylation is 1. The molecule has 100 valence electrons. The summed E-state index contributed by atoms with van der Waals surface area (Å²) in [5, 5.41) is 5.36. The van der Waals surface area contributed by atoms with Gasteiger partial charge in [-0.3, -0.25) is 4.79 Å². The summed E-state index contributed by atoms with van der Waals surface area (Å²) in [6.45, 7) is 0.669. The molecule has 0 radical (unpaired) electrons. The lowest BCUT2D eigenvalue weighted by Crippen LogP contribution is -2.25. The molecule has 0 atom stereocenters. The van der Waals surface area contributed by atoms with Gasteiger partial charge in [-0.2, -0.15) is 0 Å². The van der Waals surface area contributed by atoms with Gasteiger partial charge in [0, 0.05) is 18.3 Å². The Bertz CT molecular complexity index is 524. The molecule has 0 saturated carbocycles. The summed E-state index contributed by atoms with van der Waals surface area (Å²) in [6.07, 6.45) is 1.96. The summed E-state index contributed by atoms with van der Waals surface area (Å²) in [5.74, 6) is 0.0579. The number of rotatable bonds is 6. The lowest BCUT2D eigenvalue weighted by atomic mass is 10.1. The molecular formula is C14H17N3OS. The van der Waals surface area contributed by atoms with Crippen molar-refractivity contribution in [1.29, 1.82) is 0 Å². The molecule has 0 aliphatic heterocycles. The van der Waals surface area contributed by atoms with Crippen LogP contribution in [0.4, 0.5) is 5.13 Å². The Morgan fingerprint density at radius 1 is 1.26 bits per heavy atom. The molecule has 4 nitrogen and oxygen atoms in total. The third kappa shape index (κ3) is 4.71. The van der Waals surface area contributed by atoms with Crippen molar-refractivity contribution < 1.29 is 4.79 Å². The number of nitrogens with one attached hydrogen (secondary N) is 1. The van der Waals surface area contributed by atoms with E-state index in [1.807, 2.05) is 23.6 Å². The lowest BCUT2D eigenvalue weighted by Gasteiger charge is -2.04. The number of amides is 1. The molecule has 1 aromatic heterocycles. The molecular weight excluding hydrogens is 258 g/mol. The number of aromatic nitrogens is 1.